The van der Waals surface area contributed by atoms with Crippen LogP contribution in [0.1, 0.15) is 18.5 Å². The van der Waals surface area contributed by atoms with E-state index in [2.05, 4.69) is 27.9 Å². The molecule has 0 spiro atoms. The second-order valence-electron chi connectivity index (χ2n) is 5.32. The zero-order valence-corrected chi connectivity index (χ0v) is 14.9. The van der Waals surface area contributed by atoms with Gasteiger partial charge in [0, 0.05) is 18.4 Å². The van der Waals surface area contributed by atoms with E-state index in [0.717, 1.165) is 19.4 Å². The molecular weight excluding hydrogens is 366 g/mol. The van der Waals surface area contributed by atoms with E-state index in [9.17, 15) is 14.4 Å². The van der Waals surface area contributed by atoms with Gasteiger partial charge in [0.25, 0.3) is 0 Å². The molecule has 0 bridgehead atoms. The van der Waals surface area contributed by atoms with Crippen molar-refractivity contribution < 1.29 is 29.7 Å². The molecule has 26 heavy (non-hydrogen) atoms. The number of carboxylic acids is 3. The number of carboxylic acid groups (broad SMARTS) is 3. The second-order valence-corrected chi connectivity index (χ2v) is 5.69. The Morgan fingerprint density at radius 2 is 1.85 bits per heavy atom. The maximum Gasteiger partial charge on any atom is 0.321 e. The minimum Gasteiger partial charge on any atom is -0.480 e. The van der Waals surface area contributed by atoms with Gasteiger partial charge in [-0.1, -0.05) is 0 Å². The van der Waals surface area contributed by atoms with Gasteiger partial charge >= 0.3 is 17.9 Å². The summed E-state index contributed by atoms with van der Waals surface area (Å²) in [5.74, 6) is -2.54. The third-order valence-electron chi connectivity index (χ3n) is 3.17. The van der Waals surface area contributed by atoms with Crippen molar-refractivity contribution in [2.75, 3.05) is 12.3 Å². The predicted molar refractivity (Wildman–Crippen MR) is 96.0 cm³/mol. The number of hydrogen-bond donors (Lipinski definition) is 8. The Hall–Kier alpha value is -2.15. The van der Waals surface area contributed by atoms with E-state index in [-0.39, 0.29) is 18.2 Å². The molecule has 11 nitrogen and oxygen atoms in total. The normalized spacial score (nSPS) is 17.7. The highest BCUT2D eigenvalue weighted by Gasteiger charge is 2.20. The number of aromatic nitrogens is 2. The summed E-state index contributed by atoms with van der Waals surface area (Å²) in [6, 6.07) is -1.95. The molecule has 0 radical (unpaired) electrons. The number of thiol groups is 1. The summed E-state index contributed by atoms with van der Waals surface area (Å²) in [5, 5.41) is 27.6. The van der Waals surface area contributed by atoms with Gasteiger partial charge in [-0.15, -0.1) is 0 Å². The van der Waals surface area contributed by atoms with E-state index >= 15 is 0 Å². The van der Waals surface area contributed by atoms with Crippen molar-refractivity contribution >= 4 is 30.5 Å². The molecule has 1 aromatic rings. The van der Waals surface area contributed by atoms with Crippen molar-refractivity contribution in [3.63, 3.8) is 0 Å². The highest BCUT2D eigenvalue weighted by atomic mass is 32.1. The fourth-order valence-corrected chi connectivity index (χ4v) is 1.84. The Kier molecular flexibility index (Phi) is 12.0. The molecule has 1 fully saturated rings. The van der Waals surface area contributed by atoms with Gasteiger partial charge in [-0.25, -0.2) is 4.98 Å². The predicted octanol–water partition coefficient (Wildman–Crippen LogP) is -1.48. The number of nitrogens with two attached hydrogens (primary N) is 2. The molecule has 1 saturated heterocycles. The minimum atomic E-state index is -1.01. The quantitative estimate of drug-likeness (QED) is 0.264. The molecule has 1 aromatic heterocycles. The van der Waals surface area contributed by atoms with Crippen LogP contribution in [0.3, 0.4) is 0 Å². The average Bonchev–Trinajstić information content (AvgIpc) is 3.28. The second kappa shape index (κ2) is 13.1. The van der Waals surface area contributed by atoms with Crippen LogP contribution in [0.25, 0.3) is 0 Å². The molecule has 0 saturated carbocycles. The molecular formula is C14H25N5O6S. The van der Waals surface area contributed by atoms with E-state index in [4.69, 9.17) is 26.8 Å². The van der Waals surface area contributed by atoms with Crippen molar-refractivity contribution in [1.29, 1.82) is 0 Å². The van der Waals surface area contributed by atoms with E-state index < -0.39 is 30.0 Å². The van der Waals surface area contributed by atoms with Crippen LogP contribution in [-0.2, 0) is 20.8 Å². The summed E-state index contributed by atoms with van der Waals surface area (Å²) < 4.78 is 0. The lowest BCUT2D eigenvalue weighted by molar-refractivity contribution is -0.139. The zero-order valence-electron chi connectivity index (χ0n) is 14.0. The average molecular weight is 391 g/mol. The Bertz CT molecular complexity index is 550. The third kappa shape index (κ3) is 10.7. The van der Waals surface area contributed by atoms with E-state index in [1.807, 2.05) is 0 Å². The molecule has 2 rings (SSSR count). The first kappa shape index (κ1) is 23.9. The van der Waals surface area contributed by atoms with Gasteiger partial charge in [0.15, 0.2) is 0 Å². The molecule has 3 atom stereocenters. The number of imidazole rings is 1. The molecule has 0 aliphatic carbocycles. The first-order valence-corrected chi connectivity index (χ1v) is 8.33. The number of H-pyrrole nitrogens is 1. The molecule has 9 N–H and O–H groups in total. The number of carbonyl (C=O) groups is 3. The van der Waals surface area contributed by atoms with Gasteiger partial charge in [-0.2, -0.15) is 12.6 Å². The van der Waals surface area contributed by atoms with Crippen LogP contribution in [0, 0.1) is 0 Å². The Morgan fingerprint density at radius 3 is 2.12 bits per heavy atom. The van der Waals surface area contributed by atoms with Crippen LogP contribution < -0.4 is 16.8 Å². The maximum atomic E-state index is 10.3. The summed E-state index contributed by atoms with van der Waals surface area (Å²) in [6.07, 6.45) is 5.16. The minimum absolute atomic E-state index is 0.190. The first-order valence-electron chi connectivity index (χ1n) is 7.70. The largest absolute Gasteiger partial charge is 0.480 e. The van der Waals surface area contributed by atoms with E-state index in [0.29, 0.717) is 5.69 Å². The summed E-state index contributed by atoms with van der Waals surface area (Å²) in [4.78, 5) is 36.7. The first-order chi connectivity index (χ1) is 12.2. The Balaban J connectivity index is 0.000000373. The summed E-state index contributed by atoms with van der Waals surface area (Å²) in [6.45, 7) is 0.858. The summed E-state index contributed by atoms with van der Waals surface area (Å²) >= 11 is 3.65. The number of nitrogens with zero attached hydrogens (tertiary/aromatic N) is 1. The van der Waals surface area contributed by atoms with Gasteiger partial charge in [0.2, 0.25) is 0 Å². The molecule has 148 valence electrons. The van der Waals surface area contributed by atoms with Crippen LogP contribution in [-0.4, -0.2) is 73.6 Å². The number of aliphatic carboxylic acids is 3. The van der Waals surface area contributed by atoms with Crippen LogP contribution in [0.2, 0.25) is 0 Å². The Labute approximate surface area is 155 Å². The number of hydrogen-bond acceptors (Lipinski definition) is 8. The van der Waals surface area contributed by atoms with Crippen LogP contribution in [0.5, 0.6) is 0 Å². The van der Waals surface area contributed by atoms with Crippen LogP contribution >= 0.6 is 12.6 Å². The highest BCUT2D eigenvalue weighted by Crippen LogP contribution is 2.03. The molecule has 12 heteroatoms. The maximum absolute atomic E-state index is 10.3. The van der Waals surface area contributed by atoms with E-state index in [1.54, 1.807) is 6.20 Å². The van der Waals surface area contributed by atoms with Crippen molar-refractivity contribution in [3.05, 3.63) is 18.2 Å². The lowest BCUT2D eigenvalue weighted by Gasteiger charge is -2.01. The third-order valence-corrected chi connectivity index (χ3v) is 3.57. The topological polar surface area (TPSA) is 205 Å². The summed E-state index contributed by atoms with van der Waals surface area (Å²) in [7, 11) is 0. The smallest absolute Gasteiger partial charge is 0.321 e. The number of nitrogens with one attached hydrogen (secondary N) is 2. The van der Waals surface area contributed by atoms with Crippen LogP contribution in [0.15, 0.2) is 12.5 Å². The molecule has 0 amide bonds. The summed E-state index contributed by atoms with van der Waals surface area (Å²) in [5.41, 5.74) is 10.9. The van der Waals surface area contributed by atoms with Gasteiger partial charge in [0.1, 0.15) is 18.1 Å². The highest BCUT2D eigenvalue weighted by molar-refractivity contribution is 7.80. The lowest BCUT2D eigenvalue weighted by atomic mass is 10.2. The Morgan fingerprint density at radius 1 is 1.23 bits per heavy atom. The van der Waals surface area contributed by atoms with Crippen molar-refractivity contribution in [2.24, 2.45) is 11.5 Å². The van der Waals surface area contributed by atoms with Gasteiger partial charge < -0.3 is 37.1 Å². The SMILES string of the molecule is NC(CS)C(=O)O.NC(Cc1c[nH]cn1)C(=O)O.O=C(O)[C@@H]1CCCN1. The van der Waals surface area contributed by atoms with Crippen LogP contribution in [0.4, 0.5) is 0 Å². The standard InChI is InChI=1S/C6H9N3O2.C5H9NO2.C3H7NO2S/c7-5(6(10)11)1-4-2-8-3-9-4;7-5(8)4-2-1-3-6-4;4-2(1-7)3(5)6/h2-3,5H,1,7H2,(H,8,9)(H,10,11);4,6H,1-3H2,(H,7,8);2,7H,1,4H2,(H,5,6)/t;4-;/m.0./s1. The van der Waals surface area contributed by atoms with Gasteiger partial charge in [0.05, 0.1) is 12.0 Å². The van der Waals surface area contributed by atoms with E-state index in [1.165, 1.54) is 6.33 Å². The molecule has 2 heterocycles. The van der Waals surface area contributed by atoms with Crippen molar-refractivity contribution in [3.8, 4) is 0 Å². The fraction of sp³-hybridized carbons (Fsp3) is 0.571. The van der Waals surface area contributed by atoms with Crippen molar-refractivity contribution in [1.82, 2.24) is 15.3 Å². The van der Waals surface area contributed by atoms with Gasteiger partial charge in [-0.05, 0) is 19.4 Å². The van der Waals surface area contributed by atoms with Gasteiger partial charge in [-0.3, -0.25) is 14.4 Å². The lowest BCUT2D eigenvalue weighted by Crippen LogP contribution is -2.32. The number of rotatable bonds is 6. The molecule has 1 aliphatic rings. The monoisotopic (exact) mass is 391 g/mol. The molecule has 1 aliphatic heterocycles. The number of aromatic amines is 1. The molecule has 2 unspecified atom stereocenters. The zero-order chi connectivity index (χ0) is 20.1. The van der Waals surface area contributed by atoms with Crippen molar-refractivity contribution in [2.45, 2.75) is 37.4 Å². The molecule has 0 aromatic carbocycles. The fourth-order valence-electron chi connectivity index (χ4n) is 1.69.